The first kappa shape index (κ1) is 14.4. The van der Waals surface area contributed by atoms with Crippen LogP contribution < -0.4 is 4.90 Å². The number of oxazole rings is 1. The van der Waals surface area contributed by atoms with Crippen molar-refractivity contribution in [2.75, 3.05) is 4.90 Å². The second-order valence-electron chi connectivity index (χ2n) is 5.70. The van der Waals surface area contributed by atoms with E-state index in [4.69, 9.17) is 4.42 Å². The Balaban J connectivity index is 1.78. The highest BCUT2D eigenvalue weighted by Crippen LogP contribution is 2.31. The summed E-state index contributed by atoms with van der Waals surface area (Å²) in [5.41, 5.74) is 2.90. The zero-order valence-electron chi connectivity index (χ0n) is 13.2. The van der Waals surface area contributed by atoms with Crippen LogP contribution in [0.5, 0.6) is 0 Å². The lowest BCUT2D eigenvalue weighted by Crippen LogP contribution is -2.29. The fraction of sp³-hybridized carbons (Fsp3) is 0.105. The molecule has 5 nitrogen and oxygen atoms in total. The minimum Gasteiger partial charge on any atom is -0.441 e. The molecule has 4 rings (SSSR count). The SMILES string of the molecule is Cc1nc(-c2cccc(N3C(=O)c4ccccc4C3=O)c2)oc1C. The van der Waals surface area contributed by atoms with Crippen LogP contribution in [0.1, 0.15) is 32.2 Å². The number of anilines is 1. The van der Waals surface area contributed by atoms with Gasteiger partial charge in [-0.2, -0.15) is 0 Å². The van der Waals surface area contributed by atoms with Gasteiger partial charge in [0.05, 0.1) is 22.5 Å². The Morgan fingerprint density at radius 2 is 1.58 bits per heavy atom. The maximum Gasteiger partial charge on any atom is 0.266 e. The molecule has 1 aromatic heterocycles. The summed E-state index contributed by atoms with van der Waals surface area (Å²) in [5.74, 6) is 0.597. The van der Waals surface area contributed by atoms with Gasteiger partial charge in [0.2, 0.25) is 5.89 Å². The van der Waals surface area contributed by atoms with E-state index in [-0.39, 0.29) is 11.8 Å². The molecule has 0 atom stereocenters. The maximum atomic E-state index is 12.6. The molecular formula is C19H14N2O3. The minimum absolute atomic E-state index is 0.312. The van der Waals surface area contributed by atoms with Gasteiger partial charge in [-0.25, -0.2) is 9.88 Å². The van der Waals surface area contributed by atoms with Crippen LogP contribution in [0.4, 0.5) is 5.69 Å². The standard InChI is InChI=1S/C19H14N2O3/c1-11-12(2)24-17(20-11)13-6-5-7-14(10-13)21-18(22)15-8-3-4-9-16(15)19(21)23/h3-10H,1-2H3. The van der Waals surface area contributed by atoms with Crippen LogP contribution in [-0.2, 0) is 0 Å². The first-order valence-electron chi connectivity index (χ1n) is 7.58. The minimum atomic E-state index is -0.312. The smallest absolute Gasteiger partial charge is 0.266 e. The predicted molar refractivity (Wildman–Crippen MR) is 89.0 cm³/mol. The quantitative estimate of drug-likeness (QED) is 0.675. The summed E-state index contributed by atoms with van der Waals surface area (Å²) in [5, 5.41) is 0. The second kappa shape index (κ2) is 5.16. The number of carbonyl (C=O) groups is 2. The van der Waals surface area contributed by atoms with E-state index >= 15 is 0 Å². The summed E-state index contributed by atoms with van der Waals surface area (Å²) < 4.78 is 5.63. The molecule has 3 aromatic rings. The molecule has 0 saturated heterocycles. The summed E-state index contributed by atoms with van der Waals surface area (Å²) in [6.45, 7) is 3.72. The molecular weight excluding hydrogens is 304 g/mol. The van der Waals surface area contributed by atoms with Gasteiger partial charge in [-0.15, -0.1) is 0 Å². The number of fused-ring (bicyclic) bond motifs is 1. The molecule has 0 spiro atoms. The Morgan fingerprint density at radius 3 is 2.17 bits per heavy atom. The van der Waals surface area contributed by atoms with Crippen molar-refractivity contribution in [3.8, 4) is 11.5 Å². The highest BCUT2D eigenvalue weighted by Gasteiger charge is 2.36. The molecule has 2 heterocycles. The lowest BCUT2D eigenvalue weighted by molar-refractivity contribution is 0.0926. The van der Waals surface area contributed by atoms with E-state index in [2.05, 4.69) is 4.98 Å². The van der Waals surface area contributed by atoms with Gasteiger partial charge in [0.1, 0.15) is 5.76 Å². The molecule has 0 N–H and O–H groups in total. The van der Waals surface area contributed by atoms with Gasteiger partial charge >= 0.3 is 0 Å². The summed E-state index contributed by atoms with van der Waals surface area (Å²) >= 11 is 0. The van der Waals surface area contributed by atoms with Gasteiger partial charge in [0.25, 0.3) is 11.8 Å². The molecule has 0 unspecified atom stereocenters. The first-order valence-corrected chi connectivity index (χ1v) is 7.58. The molecule has 118 valence electrons. The third kappa shape index (κ3) is 2.06. The van der Waals surface area contributed by atoms with Crippen LogP contribution >= 0.6 is 0 Å². The molecule has 2 amide bonds. The Hall–Kier alpha value is -3.21. The zero-order valence-corrected chi connectivity index (χ0v) is 13.2. The predicted octanol–water partition coefficient (Wildman–Crippen LogP) is 3.76. The number of amides is 2. The summed E-state index contributed by atoms with van der Waals surface area (Å²) in [7, 11) is 0. The second-order valence-corrected chi connectivity index (χ2v) is 5.70. The first-order chi connectivity index (χ1) is 11.6. The third-order valence-corrected chi connectivity index (χ3v) is 4.17. The number of imide groups is 1. The van der Waals surface area contributed by atoms with Crippen molar-refractivity contribution < 1.29 is 14.0 Å². The third-order valence-electron chi connectivity index (χ3n) is 4.17. The van der Waals surface area contributed by atoms with Gasteiger partial charge in [-0.1, -0.05) is 18.2 Å². The fourth-order valence-electron chi connectivity index (χ4n) is 2.80. The van der Waals surface area contributed by atoms with Crippen molar-refractivity contribution in [2.45, 2.75) is 13.8 Å². The lowest BCUT2D eigenvalue weighted by atomic mass is 10.1. The molecule has 24 heavy (non-hydrogen) atoms. The summed E-state index contributed by atoms with van der Waals surface area (Å²) in [4.78, 5) is 30.7. The van der Waals surface area contributed by atoms with Gasteiger partial charge < -0.3 is 4.42 Å². The maximum absolute atomic E-state index is 12.6. The number of carbonyl (C=O) groups excluding carboxylic acids is 2. The van der Waals surface area contributed by atoms with Gasteiger partial charge in [-0.05, 0) is 44.2 Å². The Morgan fingerprint density at radius 1 is 0.917 bits per heavy atom. The largest absolute Gasteiger partial charge is 0.441 e. The average Bonchev–Trinajstić information content (AvgIpc) is 3.06. The number of aryl methyl sites for hydroxylation is 2. The number of nitrogens with zero attached hydrogens (tertiary/aromatic N) is 2. The lowest BCUT2D eigenvalue weighted by Gasteiger charge is -2.14. The van der Waals surface area contributed by atoms with Gasteiger partial charge in [-0.3, -0.25) is 9.59 Å². The Bertz CT molecular complexity index is 933. The molecule has 2 aromatic carbocycles. The number of hydrogen-bond donors (Lipinski definition) is 0. The molecule has 0 bridgehead atoms. The van der Waals surface area contributed by atoms with E-state index in [1.165, 1.54) is 4.90 Å². The monoisotopic (exact) mass is 318 g/mol. The number of aromatic nitrogens is 1. The van der Waals surface area contributed by atoms with E-state index in [0.29, 0.717) is 22.7 Å². The molecule has 1 aliphatic rings. The molecule has 1 aliphatic heterocycles. The summed E-state index contributed by atoms with van der Waals surface area (Å²) in [6.07, 6.45) is 0. The van der Waals surface area contributed by atoms with Crippen molar-refractivity contribution in [2.24, 2.45) is 0 Å². The highest BCUT2D eigenvalue weighted by atomic mass is 16.4. The van der Waals surface area contributed by atoms with Crippen molar-refractivity contribution in [1.29, 1.82) is 0 Å². The van der Waals surface area contributed by atoms with Crippen LogP contribution in [-0.4, -0.2) is 16.8 Å². The van der Waals surface area contributed by atoms with E-state index in [0.717, 1.165) is 17.0 Å². The Labute approximate surface area is 138 Å². The molecule has 0 radical (unpaired) electrons. The van der Waals surface area contributed by atoms with Crippen molar-refractivity contribution in [3.05, 3.63) is 71.1 Å². The van der Waals surface area contributed by atoms with Crippen LogP contribution in [0.3, 0.4) is 0 Å². The summed E-state index contributed by atoms with van der Waals surface area (Å²) in [6, 6.07) is 13.9. The van der Waals surface area contributed by atoms with Crippen LogP contribution in [0.25, 0.3) is 11.5 Å². The highest BCUT2D eigenvalue weighted by molar-refractivity contribution is 6.34. The fourth-order valence-corrected chi connectivity index (χ4v) is 2.80. The van der Waals surface area contributed by atoms with Crippen LogP contribution in [0.15, 0.2) is 52.9 Å². The van der Waals surface area contributed by atoms with E-state index in [9.17, 15) is 9.59 Å². The molecule has 0 aliphatic carbocycles. The van der Waals surface area contributed by atoms with Gasteiger partial charge in [0, 0.05) is 5.56 Å². The van der Waals surface area contributed by atoms with Crippen molar-refractivity contribution in [1.82, 2.24) is 4.98 Å². The van der Waals surface area contributed by atoms with E-state index in [1.807, 2.05) is 19.9 Å². The zero-order chi connectivity index (χ0) is 16.8. The van der Waals surface area contributed by atoms with Gasteiger partial charge in [0.15, 0.2) is 0 Å². The van der Waals surface area contributed by atoms with E-state index < -0.39 is 0 Å². The topological polar surface area (TPSA) is 63.4 Å². The van der Waals surface area contributed by atoms with Crippen molar-refractivity contribution >= 4 is 17.5 Å². The number of benzene rings is 2. The number of rotatable bonds is 2. The Kier molecular flexibility index (Phi) is 3.09. The average molecular weight is 318 g/mol. The van der Waals surface area contributed by atoms with Crippen molar-refractivity contribution in [3.63, 3.8) is 0 Å². The molecule has 0 saturated carbocycles. The van der Waals surface area contributed by atoms with Crippen LogP contribution in [0, 0.1) is 13.8 Å². The normalized spacial score (nSPS) is 13.5. The molecule has 5 heteroatoms. The molecule has 0 fully saturated rings. The van der Waals surface area contributed by atoms with Crippen LogP contribution in [0.2, 0.25) is 0 Å². The number of hydrogen-bond acceptors (Lipinski definition) is 4. The van der Waals surface area contributed by atoms with E-state index in [1.54, 1.807) is 42.5 Å².